The average Bonchev–Trinajstić information content (AvgIpc) is 3.34. The maximum absolute atomic E-state index is 12.8. The number of nitrogens with zero attached hydrogens (tertiary/aromatic N) is 1. The second-order valence-electron chi connectivity index (χ2n) is 12.1. The highest BCUT2D eigenvalue weighted by Crippen LogP contribution is 2.49. The van der Waals surface area contributed by atoms with Gasteiger partial charge < -0.3 is 24.9 Å². The van der Waals surface area contributed by atoms with Crippen LogP contribution in [0, 0.1) is 0 Å². The van der Waals surface area contributed by atoms with Crippen molar-refractivity contribution >= 4 is 28.7 Å². The summed E-state index contributed by atoms with van der Waals surface area (Å²) in [6.45, 7) is 8.30. The van der Waals surface area contributed by atoms with E-state index in [1.165, 1.54) is 11.1 Å². The zero-order valence-corrected chi connectivity index (χ0v) is 26.7. The van der Waals surface area contributed by atoms with Crippen molar-refractivity contribution in [3.63, 3.8) is 0 Å². The van der Waals surface area contributed by atoms with E-state index in [1.807, 2.05) is 12.1 Å². The number of fused-ring (bicyclic) bond motifs is 3. The number of esters is 1. The first-order valence-corrected chi connectivity index (χ1v) is 16.3. The van der Waals surface area contributed by atoms with Crippen LogP contribution in [-0.4, -0.2) is 40.7 Å². The quantitative estimate of drug-likeness (QED) is 0.133. The van der Waals surface area contributed by atoms with Crippen LogP contribution in [0.4, 0.5) is 0 Å². The van der Waals surface area contributed by atoms with Gasteiger partial charge in [-0.3, -0.25) is 9.59 Å². The molecule has 0 radical (unpaired) electrons. The van der Waals surface area contributed by atoms with E-state index in [2.05, 4.69) is 43.5 Å². The molecule has 0 bridgehead atoms. The minimum Gasteiger partial charge on any atom is -0.481 e. The third-order valence-corrected chi connectivity index (χ3v) is 8.63. The van der Waals surface area contributed by atoms with Crippen LogP contribution in [0.3, 0.4) is 0 Å². The molecule has 0 saturated carbocycles. The lowest BCUT2D eigenvalue weighted by Gasteiger charge is -2.27. The van der Waals surface area contributed by atoms with E-state index in [0.29, 0.717) is 18.6 Å². The Balaban J connectivity index is 2.01. The molecule has 3 aromatic rings. The van der Waals surface area contributed by atoms with Crippen molar-refractivity contribution in [2.24, 2.45) is 5.73 Å². The lowest BCUT2D eigenvalue weighted by Crippen LogP contribution is -2.21. The third kappa shape index (κ3) is 7.45. The Hall–Kier alpha value is -3.81. The molecule has 2 atom stereocenters. The smallest absolute Gasteiger partial charge is 0.344 e. The van der Waals surface area contributed by atoms with Crippen molar-refractivity contribution < 1.29 is 29.0 Å². The van der Waals surface area contributed by atoms with Crippen molar-refractivity contribution in [2.45, 2.75) is 110 Å². The van der Waals surface area contributed by atoms with Crippen molar-refractivity contribution in [3.05, 3.63) is 58.3 Å². The number of amides is 1. The summed E-state index contributed by atoms with van der Waals surface area (Å²) < 4.78 is 13.6. The summed E-state index contributed by atoms with van der Waals surface area (Å²) in [5.74, 6) is -1.67. The van der Waals surface area contributed by atoms with Crippen LogP contribution in [0.2, 0.25) is 0 Å². The maximum Gasteiger partial charge on any atom is 0.344 e. The van der Waals surface area contributed by atoms with Gasteiger partial charge in [0.25, 0.3) is 0 Å². The highest BCUT2D eigenvalue weighted by atomic mass is 16.6. The van der Waals surface area contributed by atoms with Gasteiger partial charge in [-0.25, -0.2) is 4.79 Å². The van der Waals surface area contributed by atoms with Gasteiger partial charge in [-0.05, 0) is 98.2 Å². The van der Waals surface area contributed by atoms with E-state index in [1.54, 1.807) is 6.92 Å². The number of aryl methyl sites for hydroxylation is 3. The van der Waals surface area contributed by atoms with Gasteiger partial charge in [0.15, 0.2) is 6.61 Å². The number of hydrogen-bond acceptors (Lipinski definition) is 5. The molecule has 2 aromatic carbocycles. The Bertz CT molecular complexity index is 1470. The number of rotatable bonds is 16. The molecule has 1 aromatic heterocycles. The van der Waals surface area contributed by atoms with Gasteiger partial charge in [0.05, 0.1) is 18.0 Å². The molecular weight excluding hydrogens is 556 g/mol. The zero-order chi connectivity index (χ0) is 31.8. The number of ether oxygens (including phenoxy) is 2. The number of primary amides is 1. The number of unbranched alkanes of at least 4 members (excludes halogenated alkanes) is 2. The molecule has 8 heteroatoms. The van der Waals surface area contributed by atoms with Crippen LogP contribution in [0.1, 0.15) is 119 Å². The first-order valence-electron chi connectivity index (χ1n) is 16.3. The molecule has 44 heavy (non-hydrogen) atoms. The first kappa shape index (κ1) is 33.1. The molecule has 1 heterocycles. The number of carbonyl (C=O) groups excluding carboxylic acids is 2. The standard InChI is InChI=1S/C36H48N2O6/c1-5-11-24-19-25(12-6-2)21-27(20-24)38-34-23(4)15-17-28(36(41)42)32(34)33-29(44-22-31(40)43-7-3)18-16-26(35(33)38)13-9-8-10-14-30(37)39/h16,18-21,23,28H,5-15,17,22H2,1-4H3,(H2,37,39)(H,41,42). The molecule has 0 spiro atoms. The third-order valence-electron chi connectivity index (χ3n) is 8.63. The van der Waals surface area contributed by atoms with Crippen LogP contribution in [-0.2, 0) is 38.4 Å². The molecule has 3 N–H and O–H groups in total. The van der Waals surface area contributed by atoms with Gasteiger partial charge in [-0.2, -0.15) is 0 Å². The molecule has 0 fully saturated rings. The minimum absolute atomic E-state index is 0.124. The normalized spacial score (nSPS) is 16.1. The Morgan fingerprint density at radius 1 is 0.955 bits per heavy atom. The number of carbonyl (C=O) groups is 3. The number of aliphatic carboxylic acids is 1. The highest BCUT2D eigenvalue weighted by molar-refractivity contribution is 5.99. The van der Waals surface area contributed by atoms with Crippen molar-refractivity contribution in [2.75, 3.05) is 13.2 Å². The number of benzene rings is 2. The average molecular weight is 605 g/mol. The summed E-state index contributed by atoms with van der Waals surface area (Å²) in [6, 6.07) is 10.7. The van der Waals surface area contributed by atoms with E-state index in [9.17, 15) is 19.5 Å². The molecule has 4 rings (SSSR count). The van der Waals surface area contributed by atoms with Gasteiger partial charge in [-0.15, -0.1) is 0 Å². The van der Waals surface area contributed by atoms with Gasteiger partial charge >= 0.3 is 11.9 Å². The first-order chi connectivity index (χ1) is 21.2. The topological polar surface area (TPSA) is 121 Å². The SMILES string of the molecule is CCCc1cc(CCC)cc(-n2c3c(c4c(OCC(=O)OCC)ccc(CCCCCC(N)=O)c42)C(C(=O)O)CCC3C)c1. The molecule has 1 amide bonds. The van der Waals surface area contributed by atoms with Crippen LogP contribution < -0.4 is 10.5 Å². The second kappa shape index (κ2) is 15.3. The minimum atomic E-state index is -0.850. The predicted octanol–water partition coefficient (Wildman–Crippen LogP) is 7.13. The molecule has 8 nitrogen and oxygen atoms in total. The molecule has 238 valence electrons. The van der Waals surface area contributed by atoms with E-state index in [0.717, 1.165) is 91.2 Å². The summed E-state index contributed by atoms with van der Waals surface area (Å²) in [7, 11) is 0. The number of carboxylic acid groups (broad SMARTS) is 1. The van der Waals surface area contributed by atoms with E-state index < -0.39 is 17.9 Å². The summed E-state index contributed by atoms with van der Waals surface area (Å²) in [4.78, 5) is 36.4. The monoisotopic (exact) mass is 604 g/mol. The zero-order valence-electron chi connectivity index (χ0n) is 26.7. The lowest BCUT2D eigenvalue weighted by molar-refractivity contribution is -0.145. The highest BCUT2D eigenvalue weighted by Gasteiger charge is 2.37. The number of aromatic nitrogens is 1. The van der Waals surface area contributed by atoms with Gasteiger partial charge in [-0.1, -0.05) is 52.2 Å². The number of hydrogen-bond donors (Lipinski definition) is 2. The molecule has 1 aliphatic carbocycles. The van der Waals surface area contributed by atoms with E-state index in [-0.39, 0.29) is 25.0 Å². The fourth-order valence-corrected chi connectivity index (χ4v) is 6.74. The lowest BCUT2D eigenvalue weighted by atomic mass is 9.80. The Morgan fingerprint density at radius 3 is 2.27 bits per heavy atom. The maximum atomic E-state index is 12.8. The fourth-order valence-electron chi connectivity index (χ4n) is 6.74. The predicted molar refractivity (Wildman–Crippen MR) is 173 cm³/mol. The fraction of sp³-hybridized carbons (Fsp3) is 0.528. The van der Waals surface area contributed by atoms with Crippen LogP contribution in [0.25, 0.3) is 16.6 Å². The molecule has 1 aliphatic rings. The number of carboxylic acids is 1. The van der Waals surface area contributed by atoms with Gasteiger partial charge in [0.2, 0.25) is 5.91 Å². The van der Waals surface area contributed by atoms with E-state index in [4.69, 9.17) is 15.2 Å². The van der Waals surface area contributed by atoms with Gasteiger partial charge in [0.1, 0.15) is 5.75 Å². The van der Waals surface area contributed by atoms with Crippen LogP contribution >= 0.6 is 0 Å². The van der Waals surface area contributed by atoms with Gasteiger partial charge in [0, 0.05) is 23.2 Å². The number of nitrogens with two attached hydrogens (primary N) is 1. The molecular formula is C36H48N2O6. The summed E-state index contributed by atoms with van der Waals surface area (Å²) in [6.07, 6.45) is 8.82. The molecule has 2 unspecified atom stereocenters. The van der Waals surface area contributed by atoms with Crippen molar-refractivity contribution in [1.29, 1.82) is 0 Å². The summed E-state index contributed by atoms with van der Waals surface area (Å²) in [5, 5.41) is 11.2. The van der Waals surface area contributed by atoms with Crippen molar-refractivity contribution in [3.8, 4) is 11.4 Å². The van der Waals surface area contributed by atoms with Crippen LogP contribution in [0.5, 0.6) is 5.75 Å². The summed E-state index contributed by atoms with van der Waals surface area (Å²) >= 11 is 0. The summed E-state index contributed by atoms with van der Waals surface area (Å²) in [5.41, 5.74) is 12.8. The Labute approximate surface area is 260 Å². The van der Waals surface area contributed by atoms with Crippen molar-refractivity contribution in [1.82, 2.24) is 4.57 Å². The Morgan fingerprint density at radius 2 is 1.66 bits per heavy atom. The Kier molecular flexibility index (Phi) is 11.5. The largest absolute Gasteiger partial charge is 0.481 e. The molecule has 0 saturated heterocycles. The van der Waals surface area contributed by atoms with E-state index >= 15 is 0 Å². The second-order valence-corrected chi connectivity index (χ2v) is 12.1. The molecule has 0 aliphatic heterocycles. The van der Waals surface area contributed by atoms with Crippen LogP contribution in [0.15, 0.2) is 30.3 Å².